The first-order valence-corrected chi connectivity index (χ1v) is 21.0. The molecule has 0 N–H and O–H groups in total. The second-order valence-electron chi connectivity index (χ2n) is 14.8. The number of anilines is 2. The Morgan fingerprint density at radius 2 is 1.09 bits per heavy atom. The zero-order valence-corrected chi connectivity index (χ0v) is 32.3. The van der Waals surface area contributed by atoms with Crippen LogP contribution in [0.3, 0.4) is 0 Å². The molecule has 0 fully saturated rings. The molecule has 2 aliphatic rings. The van der Waals surface area contributed by atoms with Crippen molar-refractivity contribution in [3.05, 3.63) is 198 Å². The molecular formula is C52H33N3S2. The fourth-order valence-corrected chi connectivity index (χ4v) is 11.5. The van der Waals surface area contributed by atoms with Crippen molar-refractivity contribution in [1.29, 1.82) is 0 Å². The van der Waals surface area contributed by atoms with E-state index in [1.807, 2.05) is 17.4 Å². The van der Waals surface area contributed by atoms with E-state index in [1.54, 1.807) is 11.3 Å². The van der Waals surface area contributed by atoms with E-state index in [0.717, 1.165) is 38.2 Å². The number of thiophene rings is 2. The van der Waals surface area contributed by atoms with Gasteiger partial charge in [-0.15, -0.1) is 22.7 Å². The summed E-state index contributed by atoms with van der Waals surface area (Å²) in [5.41, 5.74) is 14.0. The number of benzene rings is 7. The van der Waals surface area contributed by atoms with Gasteiger partial charge in [0.05, 0.1) is 27.6 Å². The molecule has 1 aliphatic carbocycles. The predicted molar refractivity (Wildman–Crippen MR) is 242 cm³/mol. The monoisotopic (exact) mass is 763 g/mol. The third kappa shape index (κ3) is 5.09. The van der Waals surface area contributed by atoms with Gasteiger partial charge < -0.3 is 4.90 Å². The van der Waals surface area contributed by atoms with Crippen LogP contribution in [0.1, 0.15) is 21.9 Å². The maximum absolute atomic E-state index is 5.46. The second kappa shape index (κ2) is 13.0. The summed E-state index contributed by atoms with van der Waals surface area (Å²) >= 11 is 3.68. The van der Waals surface area contributed by atoms with E-state index in [-0.39, 0.29) is 12.0 Å². The Hall–Kier alpha value is -6.66. The smallest absolute Gasteiger partial charge is 0.160 e. The molecule has 10 aromatic rings. The minimum atomic E-state index is 0.0849. The summed E-state index contributed by atoms with van der Waals surface area (Å²) in [7, 11) is 0. The van der Waals surface area contributed by atoms with Crippen molar-refractivity contribution in [2.24, 2.45) is 0 Å². The van der Waals surface area contributed by atoms with Crippen molar-refractivity contribution in [1.82, 2.24) is 9.97 Å². The van der Waals surface area contributed by atoms with E-state index in [4.69, 9.17) is 9.97 Å². The van der Waals surface area contributed by atoms with E-state index in [2.05, 4.69) is 187 Å². The Balaban J connectivity index is 1.17. The summed E-state index contributed by atoms with van der Waals surface area (Å²) in [6.45, 7) is 0. The maximum atomic E-state index is 5.46. The van der Waals surface area contributed by atoms with Gasteiger partial charge in [-0.2, -0.15) is 0 Å². The molecule has 0 spiro atoms. The first-order chi connectivity index (χ1) is 28.3. The van der Waals surface area contributed by atoms with Crippen molar-refractivity contribution in [2.75, 3.05) is 4.90 Å². The van der Waals surface area contributed by atoms with E-state index >= 15 is 0 Å². The van der Waals surface area contributed by atoms with Crippen LogP contribution in [0.2, 0.25) is 0 Å². The molecule has 0 bridgehead atoms. The van der Waals surface area contributed by atoms with E-state index < -0.39 is 0 Å². The highest BCUT2D eigenvalue weighted by Gasteiger charge is 2.44. The SMILES string of the molecule is C1=CC2C(c3ccccc3N2c2c(-c3ccccc3)cc(-c3nc(-c4ccccc4)nc4c3sc3ccccc34)cc2-c2ccccc2)c2c1sc1ccccc21. The third-order valence-electron chi connectivity index (χ3n) is 11.6. The van der Waals surface area contributed by atoms with Crippen LogP contribution in [-0.4, -0.2) is 16.0 Å². The van der Waals surface area contributed by atoms with Gasteiger partial charge in [-0.1, -0.05) is 152 Å². The zero-order chi connectivity index (χ0) is 37.5. The standard InChI is InChI=1S/C52H33N3S2/c1-4-16-32(17-5-1)39-30-35(48-51-49(38-24-12-15-27-44(38)57-51)54-52(53-48)34-20-8-3-9-21-34)31-40(33-18-6-2-7-19-33)50(39)55-41-25-13-10-22-36(41)46-42(55)28-29-45-47(46)37-23-11-14-26-43(37)56-45/h1-31,42,46H. The van der Waals surface area contributed by atoms with Crippen molar-refractivity contribution < 1.29 is 0 Å². The number of hydrogen-bond acceptors (Lipinski definition) is 5. The Morgan fingerprint density at radius 3 is 1.79 bits per heavy atom. The molecule has 3 aromatic heterocycles. The predicted octanol–water partition coefficient (Wildman–Crippen LogP) is 14.4. The van der Waals surface area contributed by atoms with Gasteiger partial charge in [-0.25, -0.2) is 9.97 Å². The normalized spacial score (nSPS) is 15.6. The first kappa shape index (κ1) is 32.6. The molecule has 3 nitrogen and oxygen atoms in total. The average Bonchev–Trinajstić information content (AvgIpc) is 3.96. The Morgan fingerprint density at radius 1 is 0.509 bits per heavy atom. The first-order valence-electron chi connectivity index (χ1n) is 19.4. The van der Waals surface area contributed by atoms with Crippen LogP contribution in [0.5, 0.6) is 0 Å². The number of aromatic nitrogens is 2. The molecule has 12 rings (SSSR count). The van der Waals surface area contributed by atoms with Crippen LogP contribution in [0.25, 0.3) is 81.4 Å². The Kier molecular flexibility index (Phi) is 7.40. The number of hydrogen-bond donors (Lipinski definition) is 0. The van der Waals surface area contributed by atoms with Gasteiger partial charge >= 0.3 is 0 Å². The van der Waals surface area contributed by atoms with E-state index in [1.165, 1.54) is 64.4 Å². The molecule has 0 saturated heterocycles. The molecule has 1 aliphatic heterocycles. The van der Waals surface area contributed by atoms with Gasteiger partial charge in [-0.3, -0.25) is 0 Å². The fraction of sp³-hybridized carbons (Fsp3) is 0.0385. The molecule has 4 heterocycles. The summed E-state index contributed by atoms with van der Waals surface area (Å²) in [6, 6.07) is 63.7. The Bertz CT molecular complexity index is 3140. The summed E-state index contributed by atoms with van der Waals surface area (Å²) in [5.74, 6) is 0.924. The molecule has 7 aromatic carbocycles. The third-order valence-corrected chi connectivity index (χ3v) is 14.0. The van der Waals surface area contributed by atoms with Crippen LogP contribution in [-0.2, 0) is 0 Å². The van der Waals surface area contributed by atoms with Crippen LogP contribution in [0, 0.1) is 0 Å². The summed E-state index contributed by atoms with van der Waals surface area (Å²) in [4.78, 5) is 14.7. The van der Waals surface area contributed by atoms with Crippen molar-refractivity contribution in [3.63, 3.8) is 0 Å². The summed E-state index contributed by atoms with van der Waals surface area (Å²) in [5, 5.41) is 2.52. The van der Waals surface area contributed by atoms with E-state index in [0.29, 0.717) is 0 Å². The lowest BCUT2D eigenvalue weighted by atomic mass is 9.82. The molecule has 268 valence electrons. The Labute approximate surface area is 338 Å². The summed E-state index contributed by atoms with van der Waals surface area (Å²) in [6.07, 6.45) is 4.83. The van der Waals surface area contributed by atoms with Gasteiger partial charge in [0, 0.05) is 53.5 Å². The van der Waals surface area contributed by atoms with Gasteiger partial charge in [0.25, 0.3) is 0 Å². The quantitative estimate of drug-likeness (QED) is 0.175. The number of fused-ring (bicyclic) bond motifs is 10. The van der Waals surface area contributed by atoms with Crippen molar-refractivity contribution >= 4 is 70.5 Å². The molecule has 0 saturated carbocycles. The number of nitrogens with zero attached hydrogens (tertiary/aromatic N) is 3. The number of rotatable bonds is 5. The largest absolute Gasteiger partial charge is 0.332 e. The highest BCUT2D eigenvalue weighted by atomic mass is 32.1. The van der Waals surface area contributed by atoms with Crippen molar-refractivity contribution in [3.8, 4) is 44.9 Å². The number of para-hydroxylation sites is 1. The summed E-state index contributed by atoms with van der Waals surface area (Å²) < 4.78 is 3.65. The van der Waals surface area contributed by atoms with Crippen molar-refractivity contribution in [2.45, 2.75) is 12.0 Å². The van der Waals surface area contributed by atoms with Crippen LogP contribution < -0.4 is 4.90 Å². The minimum absolute atomic E-state index is 0.0849. The lowest BCUT2D eigenvalue weighted by molar-refractivity contribution is 0.733. The van der Waals surface area contributed by atoms with Gasteiger partial charge in [0.2, 0.25) is 0 Å². The minimum Gasteiger partial charge on any atom is -0.332 e. The van der Waals surface area contributed by atoms with Crippen LogP contribution in [0.4, 0.5) is 11.4 Å². The molecule has 2 atom stereocenters. The van der Waals surface area contributed by atoms with Gasteiger partial charge in [-0.05, 0) is 64.0 Å². The highest BCUT2D eigenvalue weighted by molar-refractivity contribution is 7.26. The average molecular weight is 764 g/mol. The van der Waals surface area contributed by atoms with Crippen LogP contribution in [0.15, 0.2) is 182 Å². The highest BCUT2D eigenvalue weighted by Crippen LogP contribution is 2.58. The molecular weight excluding hydrogens is 731 g/mol. The van der Waals surface area contributed by atoms with E-state index in [9.17, 15) is 0 Å². The van der Waals surface area contributed by atoms with Crippen LogP contribution >= 0.6 is 22.7 Å². The van der Waals surface area contributed by atoms with Gasteiger partial charge in [0.15, 0.2) is 5.82 Å². The lowest BCUT2D eigenvalue weighted by Gasteiger charge is -2.34. The molecule has 0 radical (unpaired) electrons. The lowest BCUT2D eigenvalue weighted by Crippen LogP contribution is -2.31. The molecule has 0 amide bonds. The fourth-order valence-electron chi connectivity index (χ4n) is 9.18. The topological polar surface area (TPSA) is 29.0 Å². The molecule has 57 heavy (non-hydrogen) atoms. The maximum Gasteiger partial charge on any atom is 0.160 e. The van der Waals surface area contributed by atoms with Gasteiger partial charge in [0.1, 0.15) is 0 Å². The molecule has 5 heteroatoms. The second-order valence-corrected chi connectivity index (χ2v) is 17.0. The zero-order valence-electron chi connectivity index (χ0n) is 30.7. The molecule has 2 unspecified atom stereocenters.